The van der Waals surface area contributed by atoms with Crippen LogP contribution in [-0.2, 0) is 11.0 Å². The first-order chi connectivity index (χ1) is 15.8. The van der Waals surface area contributed by atoms with Gasteiger partial charge in [-0.15, -0.1) is 10.2 Å². The number of alkyl halides is 3. The van der Waals surface area contributed by atoms with Crippen LogP contribution in [0.2, 0.25) is 0 Å². The van der Waals surface area contributed by atoms with Crippen LogP contribution in [0.5, 0.6) is 0 Å². The third-order valence-electron chi connectivity index (χ3n) is 5.40. The van der Waals surface area contributed by atoms with Gasteiger partial charge in [0.25, 0.3) is 0 Å². The van der Waals surface area contributed by atoms with Crippen molar-refractivity contribution in [2.45, 2.75) is 24.7 Å². The van der Waals surface area contributed by atoms with Gasteiger partial charge in [0, 0.05) is 38.1 Å². The molecule has 1 aromatic carbocycles. The van der Waals surface area contributed by atoms with Crippen molar-refractivity contribution >= 4 is 23.5 Å². The molecule has 0 N–H and O–H groups in total. The van der Waals surface area contributed by atoms with Crippen molar-refractivity contribution in [1.82, 2.24) is 24.6 Å². The van der Waals surface area contributed by atoms with Crippen LogP contribution in [0.15, 0.2) is 54.1 Å². The number of rotatable bonds is 5. The van der Waals surface area contributed by atoms with Gasteiger partial charge in [-0.25, -0.2) is 4.98 Å². The molecular formula is C22H23F3N6OS. The SMILES string of the molecule is Cc1ccc(-n2cnnc2SCC(=O)N2CCCN(c3ccc(C(F)(F)F)cn3)CC2)cc1. The van der Waals surface area contributed by atoms with Crippen LogP contribution in [-0.4, -0.2) is 62.5 Å². The number of aromatic nitrogens is 4. The van der Waals surface area contributed by atoms with E-state index in [1.807, 2.05) is 40.7 Å². The highest BCUT2D eigenvalue weighted by Gasteiger charge is 2.31. The van der Waals surface area contributed by atoms with Crippen molar-refractivity contribution in [1.29, 1.82) is 0 Å². The molecule has 0 spiro atoms. The fourth-order valence-electron chi connectivity index (χ4n) is 3.56. The minimum Gasteiger partial charge on any atom is -0.355 e. The summed E-state index contributed by atoms with van der Waals surface area (Å²) in [4.78, 5) is 20.5. The first-order valence-electron chi connectivity index (χ1n) is 10.5. The monoisotopic (exact) mass is 476 g/mol. The Morgan fingerprint density at radius 2 is 1.85 bits per heavy atom. The molecule has 33 heavy (non-hydrogen) atoms. The van der Waals surface area contributed by atoms with Crippen molar-refractivity contribution in [2.24, 2.45) is 0 Å². The van der Waals surface area contributed by atoms with E-state index in [-0.39, 0.29) is 11.7 Å². The van der Waals surface area contributed by atoms with Crippen LogP contribution in [0, 0.1) is 6.92 Å². The molecule has 0 radical (unpaired) electrons. The van der Waals surface area contributed by atoms with Gasteiger partial charge >= 0.3 is 6.18 Å². The Kier molecular flexibility index (Phi) is 6.87. The molecule has 3 heterocycles. The zero-order chi connectivity index (χ0) is 23.4. The molecule has 0 saturated carbocycles. The quantitative estimate of drug-likeness (QED) is 0.522. The van der Waals surface area contributed by atoms with E-state index in [9.17, 15) is 18.0 Å². The molecule has 0 bridgehead atoms. The number of aryl methyl sites for hydroxylation is 1. The predicted molar refractivity (Wildman–Crippen MR) is 119 cm³/mol. The standard InChI is InChI=1S/C22H23F3N6OS/c1-16-3-6-18(7-4-16)31-15-27-28-21(31)33-14-20(32)30-10-2-9-29(11-12-30)19-8-5-17(13-26-19)22(23,24)25/h3-8,13,15H,2,9-12,14H2,1H3. The van der Waals surface area contributed by atoms with Gasteiger partial charge in [0.1, 0.15) is 12.1 Å². The van der Waals surface area contributed by atoms with E-state index >= 15 is 0 Å². The lowest BCUT2D eigenvalue weighted by atomic mass is 10.2. The third kappa shape index (κ3) is 5.65. The van der Waals surface area contributed by atoms with Gasteiger partial charge < -0.3 is 9.80 Å². The van der Waals surface area contributed by atoms with E-state index in [4.69, 9.17) is 0 Å². The lowest BCUT2D eigenvalue weighted by molar-refractivity contribution is -0.137. The normalized spacial score (nSPS) is 14.9. The summed E-state index contributed by atoms with van der Waals surface area (Å²) in [6.45, 7) is 4.21. The van der Waals surface area contributed by atoms with Gasteiger partial charge in [0.15, 0.2) is 5.16 Å². The zero-order valence-electron chi connectivity index (χ0n) is 18.0. The van der Waals surface area contributed by atoms with Crippen molar-refractivity contribution < 1.29 is 18.0 Å². The maximum Gasteiger partial charge on any atom is 0.417 e. The molecule has 11 heteroatoms. The van der Waals surface area contributed by atoms with E-state index in [1.54, 1.807) is 11.2 Å². The van der Waals surface area contributed by atoms with Gasteiger partial charge in [-0.1, -0.05) is 29.5 Å². The Morgan fingerprint density at radius 3 is 2.55 bits per heavy atom. The molecule has 3 aromatic rings. The molecule has 174 valence electrons. The molecule has 0 aliphatic carbocycles. The van der Waals surface area contributed by atoms with E-state index in [2.05, 4.69) is 15.2 Å². The number of carbonyl (C=O) groups excluding carboxylic acids is 1. The second-order valence-electron chi connectivity index (χ2n) is 7.73. The number of nitrogens with zero attached hydrogens (tertiary/aromatic N) is 6. The van der Waals surface area contributed by atoms with Gasteiger partial charge in [-0.3, -0.25) is 9.36 Å². The highest BCUT2D eigenvalue weighted by Crippen LogP contribution is 2.29. The summed E-state index contributed by atoms with van der Waals surface area (Å²) in [6.07, 6.45) is -1.23. The number of benzene rings is 1. The van der Waals surface area contributed by atoms with Crippen LogP contribution in [0.3, 0.4) is 0 Å². The van der Waals surface area contributed by atoms with Gasteiger partial charge in [0.2, 0.25) is 5.91 Å². The highest BCUT2D eigenvalue weighted by atomic mass is 32.2. The molecule has 1 aliphatic heterocycles. The van der Waals surface area contributed by atoms with E-state index < -0.39 is 11.7 Å². The van der Waals surface area contributed by atoms with Crippen molar-refractivity contribution in [3.8, 4) is 5.69 Å². The topological polar surface area (TPSA) is 67.2 Å². The molecule has 1 amide bonds. The number of pyridine rings is 1. The minimum atomic E-state index is -4.41. The van der Waals surface area contributed by atoms with Crippen LogP contribution in [0.25, 0.3) is 5.69 Å². The van der Waals surface area contributed by atoms with Crippen molar-refractivity contribution in [3.63, 3.8) is 0 Å². The summed E-state index contributed by atoms with van der Waals surface area (Å²) < 4.78 is 40.2. The summed E-state index contributed by atoms with van der Waals surface area (Å²) in [5.74, 6) is 0.696. The lowest BCUT2D eigenvalue weighted by Crippen LogP contribution is -2.36. The van der Waals surface area contributed by atoms with Crippen molar-refractivity contribution in [2.75, 3.05) is 36.8 Å². The average molecular weight is 477 g/mol. The molecule has 2 aromatic heterocycles. The molecule has 1 aliphatic rings. The molecule has 1 fully saturated rings. The summed E-state index contributed by atoms with van der Waals surface area (Å²) in [6, 6.07) is 10.4. The number of halogens is 3. The van der Waals surface area contributed by atoms with E-state index in [1.165, 1.54) is 17.8 Å². The summed E-state index contributed by atoms with van der Waals surface area (Å²) in [7, 11) is 0. The molecule has 1 saturated heterocycles. The number of anilines is 1. The molecule has 4 rings (SSSR count). The maximum atomic E-state index is 12.8. The van der Waals surface area contributed by atoms with Crippen LogP contribution < -0.4 is 4.90 Å². The van der Waals surface area contributed by atoms with E-state index in [0.29, 0.717) is 43.6 Å². The van der Waals surface area contributed by atoms with Crippen molar-refractivity contribution in [3.05, 3.63) is 60.0 Å². The second kappa shape index (κ2) is 9.82. The molecule has 0 unspecified atom stereocenters. The minimum absolute atomic E-state index is 0.0133. The smallest absolute Gasteiger partial charge is 0.355 e. The van der Waals surface area contributed by atoms with Gasteiger partial charge in [0.05, 0.1) is 11.3 Å². The Bertz CT molecular complexity index is 1080. The maximum absolute atomic E-state index is 12.8. The number of carbonyl (C=O) groups is 1. The van der Waals surface area contributed by atoms with Gasteiger partial charge in [-0.05, 0) is 37.6 Å². The zero-order valence-corrected chi connectivity index (χ0v) is 18.8. The second-order valence-corrected chi connectivity index (χ2v) is 8.67. The Balaban J connectivity index is 1.33. The average Bonchev–Trinajstić information content (AvgIpc) is 3.12. The molecule has 0 atom stereocenters. The predicted octanol–water partition coefficient (Wildman–Crippen LogP) is 3.82. The summed E-state index contributed by atoms with van der Waals surface area (Å²) in [5.41, 5.74) is 1.31. The lowest BCUT2D eigenvalue weighted by Gasteiger charge is -2.23. The van der Waals surface area contributed by atoms with Crippen LogP contribution >= 0.6 is 11.8 Å². The number of amides is 1. The fourth-order valence-corrected chi connectivity index (χ4v) is 4.39. The highest BCUT2D eigenvalue weighted by molar-refractivity contribution is 7.99. The first-order valence-corrected chi connectivity index (χ1v) is 11.5. The summed E-state index contributed by atoms with van der Waals surface area (Å²) >= 11 is 1.33. The Morgan fingerprint density at radius 1 is 1.06 bits per heavy atom. The number of thioether (sulfide) groups is 1. The summed E-state index contributed by atoms with van der Waals surface area (Å²) in [5, 5.41) is 8.75. The third-order valence-corrected chi connectivity index (χ3v) is 6.33. The van der Waals surface area contributed by atoms with Crippen LogP contribution in [0.4, 0.5) is 19.0 Å². The molecular weight excluding hydrogens is 453 g/mol. The van der Waals surface area contributed by atoms with Gasteiger partial charge in [-0.2, -0.15) is 13.2 Å². The first kappa shape index (κ1) is 23.1. The Labute approximate surface area is 193 Å². The largest absolute Gasteiger partial charge is 0.417 e. The molecule has 7 nitrogen and oxygen atoms in total. The fraction of sp³-hybridized carbons (Fsp3) is 0.364. The van der Waals surface area contributed by atoms with Crippen LogP contribution in [0.1, 0.15) is 17.5 Å². The number of hydrogen-bond acceptors (Lipinski definition) is 6. The van der Waals surface area contributed by atoms with E-state index in [0.717, 1.165) is 23.5 Å². The number of hydrogen-bond donors (Lipinski definition) is 0. The Hall–Kier alpha value is -3.08.